The number of hydrogen-bond donors (Lipinski definition) is 2. The highest BCUT2D eigenvalue weighted by Gasteiger charge is 2.34. The lowest BCUT2D eigenvalue weighted by molar-refractivity contribution is -0.383. The van der Waals surface area contributed by atoms with Crippen LogP contribution in [0.1, 0.15) is 13.3 Å². The highest BCUT2D eigenvalue weighted by atomic mass is 32.2. The number of thiophene rings is 1. The summed E-state index contributed by atoms with van der Waals surface area (Å²) < 4.78 is 26.5. The molecule has 2 unspecified atom stereocenters. The normalized spacial score (nSPS) is 22.2. The van der Waals surface area contributed by atoms with Crippen LogP contribution >= 0.6 is 11.3 Å². The Hall–Kier alpha value is -1.19. The van der Waals surface area contributed by atoms with Crippen molar-refractivity contribution < 1.29 is 13.3 Å². The van der Waals surface area contributed by atoms with E-state index in [4.69, 9.17) is 0 Å². The number of hydrogen-bond acceptors (Lipinski definition) is 6. The van der Waals surface area contributed by atoms with E-state index in [1.165, 1.54) is 7.05 Å². The molecule has 2 atom stereocenters. The number of nitrogens with one attached hydrogen (secondary N) is 2. The molecule has 0 bridgehead atoms. The van der Waals surface area contributed by atoms with Crippen molar-refractivity contribution in [3.05, 3.63) is 16.2 Å². The molecule has 1 aliphatic carbocycles. The monoisotopic (exact) mass is 305 g/mol. The van der Waals surface area contributed by atoms with Gasteiger partial charge in [0.25, 0.3) is 0 Å². The number of anilines is 1. The van der Waals surface area contributed by atoms with Gasteiger partial charge in [-0.15, -0.1) is 0 Å². The van der Waals surface area contributed by atoms with E-state index in [1.54, 1.807) is 0 Å². The third kappa shape index (κ3) is 3.04. The molecule has 0 aromatic carbocycles. The van der Waals surface area contributed by atoms with Crippen LogP contribution in [0.3, 0.4) is 0 Å². The standard InChI is InChI=1S/C10H15N3O4S2/c1-6-3-7(6)5-12-19(16,17)9-4-8(13(14)15)10(11-2)18-9/h4,6-7,11-12H,3,5H2,1-2H3. The van der Waals surface area contributed by atoms with Crippen LogP contribution in [-0.4, -0.2) is 26.9 Å². The predicted molar refractivity (Wildman–Crippen MR) is 73.0 cm³/mol. The van der Waals surface area contributed by atoms with Crippen molar-refractivity contribution in [1.82, 2.24) is 4.72 Å². The number of sulfonamides is 1. The Kier molecular flexibility index (Phi) is 3.79. The fourth-order valence-electron chi connectivity index (χ4n) is 1.78. The van der Waals surface area contributed by atoms with Crippen LogP contribution in [0.15, 0.2) is 10.3 Å². The highest BCUT2D eigenvalue weighted by Crippen LogP contribution is 2.38. The van der Waals surface area contributed by atoms with Crippen LogP contribution in [0, 0.1) is 22.0 Å². The SMILES string of the molecule is CNc1sc(S(=O)(=O)NCC2CC2C)cc1[N+](=O)[O-]. The minimum atomic E-state index is -3.66. The molecule has 1 saturated carbocycles. The first-order valence-electron chi connectivity index (χ1n) is 5.80. The maximum Gasteiger partial charge on any atom is 0.304 e. The van der Waals surface area contributed by atoms with Crippen LogP contribution < -0.4 is 10.0 Å². The number of nitrogens with zero attached hydrogens (tertiary/aromatic N) is 1. The summed E-state index contributed by atoms with van der Waals surface area (Å²) in [6, 6.07) is 1.09. The molecule has 106 valence electrons. The molecule has 1 aromatic rings. The van der Waals surface area contributed by atoms with E-state index in [1.807, 2.05) is 0 Å². The van der Waals surface area contributed by atoms with Gasteiger partial charge in [0.15, 0.2) is 5.00 Å². The summed E-state index contributed by atoms with van der Waals surface area (Å²) in [6.45, 7) is 2.46. The van der Waals surface area contributed by atoms with Crippen molar-refractivity contribution in [3.8, 4) is 0 Å². The Bertz CT molecular complexity index is 596. The Balaban J connectivity index is 2.17. The van der Waals surface area contributed by atoms with E-state index < -0.39 is 14.9 Å². The van der Waals surface area contributed by atoms with E-state index in [0.717, 1.165) is 23.8 Å². The molecule has 7 nitrogen and oxygen atoms in total. The lowest BCUT2D eigenvalue weighted by Gasteiger charge is -2.02. The topological polar surface area (TPSA) is 101 Å². The maximum absolute atomic E-state index is 12.0. The quantitative estimate of drug-likeness (QED) is 0.614. The Labute approximate surface area is 115 Å². The van der Waals surface area contributed by atoms with Gasteiger partial charge in [-0.1, -0.05) is 18.3 Å². The first-order chi connectivity index (χ1) is 8.85. The van der Waals surface area contributed by atoms with Crippen LogP contribution in [0.4, 0.5) is 10.7 Å². The molecule has 0 spiro atoms. The number of rotatable bonds is 6. The van der Waals surface area contributed by atoms with Gasteiger partial charge in [-0.2, -0.15) is 0 Å². The first kappa shape index (κ1) is 14.2. The molecule has 19 heavy (non-hydrogen) atoms. The van der Waals surface area contributed by atoms with Gasteiger partial charge < -0.3 is 5.32 Å². The van der Waals surface area contributed by atoms with Gasteiger partial charge >= 0.3 is 5.69 Å². The molecular weight excluding hydrogens is 290 g/mol. The second-order valence-electron chi connectivity index (χ2n) is 4.61. The average molecular weight is 305 g/mol. The highest BCUT2D eigenvalue weighted by molar-refractivity contribution is 7.91. The summed E-state index contributed by atoms with van der Waals surface area (Å²) in [7, 11) is -2.14. The zero-order valence-corrected chi connectivity index (χ0v) is 12.2. The second kappa shape index (κ2) is 5.06. The van der Waals surface area contributed by atoms with Crippen LogP contribution in [-0.2, 0) is 10.0 Å². The molecule has 0 radical (unpaired) electrons. The van der Waals surface area contributed by atoms with Crippen molar-refractivity contribution in [3.63, 3.8) is 0 Å². The van der Waals surface area contributed by atoms with Gasteiger partial charge in [-0.25, -0.2) is 13.1 Å². The fraction of sp³-hybridized carbons (Fsp3) is 0.600. The summed E-state index contributed by atoms with van der Waals surface area (Å²) >= 11 is 0.864. The molecule has 2 N–H and O–H groups in total. The summed E-state index contributed by atoms with van der Waals surface area (Å²) in [5, 5.41) is 13.7. The third-order valence-corrected chi connectivity index (χ3v) is 6.23. The molecule has 1 fully saturated rings. The second-order valence-corrected chi connectivity index (χ2v) is 7.66. The lowest BCUT2D eigenvalue weighted by Crippen LogP contribution is -2.25. The summed E-state index contributed by atoms with van der Waals surface area (Å²) in [4.78, 5) is 10.2. The molecule has 1 heterocycles. The van der Waals surface area contributed by atoms with Gasteiger partial charge in [0, 0.05) is 19.7 Å². The summed E-state index contributed by atoms with van der Waals surface area (Å²) in [6.07, 6.45) is 1.02. The molecular formula is C10H15N3O4S2. The van der Waals surface area contributed by atoms with Crippen molar-refractivity contribution >= 4 is 32.0 Å². The van der Waals surface area contributed by atoms with E-state index in [2.05, 4.69) is 17.0 Å². The van der Waals surface area contributed by atoms with Crippen molar-refractivity contribution in [2.24, 2.45) is 11.8 Å². The predicted octanol–water partition coefficient (Wildman–Crippen LogP) is 1.63. The van der Waals surface area contributed by atoms with Gasteiger partial charge in [-0.05, 0) is 18.3 Å². The van der Waals surface area contributed by atoms with E-state index in [0.29, 0.717) is 18.4 Å². The minimum Gasteiger partial charge on any atom is -0.374 e. The lowest BCUT2D eigenvalue weighted by atomic mass is 10.3. The van der Waals surface area contributed by atoms with E-state index >= 15 is 0 Å². The van der Waals surface area contributed by atoms with E-state index in [-0.39, 0.29) is 14.9 Å². The van der Waals surface area contributed by atoms with Crippen LogP contribution in [0.5, 0.6) is 0 Å². The maximum atomic E-state index is 12.0. The molecule has 2 rings (SSSR count). The molecule has 0 saturated heterocycles. The first-order valence-corrected chi connectivity index (χ1v) is 8.10. The van der Waals surface area contributed by atoms with Crippen molar-refractivity contribution in [1.29, 1.82) is 0 Å². The molecule has 9 heteroatoms. The largest absolute Gasteiger partial charge is 0.374 e. The van der Waals surface area contributed by atoms with Gasteiger partial charge in [-0.3, -0.25) is 10.1 Å². The zero-order chi connectivity index (χ0) is 14.2. The fourth-order valence-corrected chi connectivity index (χ4v) is 4.20. The third-order valence-electron chi connectivity index (χ3n) is 3.19. The average Bonchev–Trinajstić information content (AvgIpc) is 2.89. The zero-order valence-electron chi connectivity index (χ0n) is 10.5. The summed E-state index contributed by atoms with van der Waals surface area (Å²) in [5.41, 5.74) is -0.215. The Morgan fingerprint density at radius 3 is 2.63 bits per heavy atom. The number of nitro groups is 1. The molecule has 0 amide bonds. The Morgan fingerprint density at radius 1 is 1.58 bits per heavy atom. The van der Waals surface area contributed by atoms with Crippen molar-refractivity contribution in [2.75, 3.05) is 18.9 Å². The Morgan fingerprint density at radius 2 is 2.21 bits per heavy atom. The molecule has 0 aliphatic heterocycles. The van der Waals surface area contributed by atoms with E-state index in [9.17, 15) is 18.5 Å². The summed E-state index contributed by atoms with van der Waals surface area (Å²) in [5.74, 6) is 0.932. The molecule has 1 aromatic heterocycles. The van der Waals surface area contributed by atoms with Crippen LogP contribution in [0.25, 0.3) is 0 Å². The van der Waals surface area contributed by atoms with Crippen molar-refractivity contribution in [2.45, 2.75) is 17.6 Å². The minimum absolute atomic E-state index is 0.0307. The smallest absolute Gasteiger partial charge is 0.304 e. The molecule has 1 aliphatic rings. The van der Waals surface area contributed by atoms with Gasteiger partial charge in [0.2, 0.25) is 10.0 Å². The van der Waals surface area contributed by atoms with Crippen LogP contribution in [0.2, 0.25) is 0 Å². The van der Waals surface area contributed by atoms with Gasteiger partial charge in [0.05, 0.1) is 4.92 Å². The van der Waals surface area contributed by atoms with Gasteiger partial charge in [0.1, 0.15) is 4.21 Å².